The number of rotatable bonds is 6. The highest BCUT2D eigenvalue weighted by Gasteiger charge is 2.40. The molecule has 0 spiro atoms. The van der Waals surface area contributed by atoms with Crippen molar-refractivity contribution in [1.29, 1.82) is 0 Å². The summed E-state index contributed by atoms with van der Waals surface area (Å²) in [5, 5.41) is 9.22. The molecule has 1 aliphatic heterocycles. The molecule has 1 heterocycles. The Balaban J connectivity index is 2.50. The maximum absolute atomic E-state index is 12.9. The van der Waals surface area contributed by atoms with Crippen molar-refractivity contribution in [3.63, 3.8) is 0 Å². The first-order chi connectivity index (χ1) is 11.3. The van der Waals surface area contributed by atoms with Crippen molar-refractivity contribution in [2.45, 2.75) is 30.7 Å². The van der Waals surface area contributed by atoms with Crippen molar-refractivity contribution in [3.05, 3.63) is 23.8 Å². The highest BCUT2D eigenvalue weighted by atomic mass is 32.2. The Morgan fingerprint density at radius 1 is 1.38 bits per heavy atom. The predicted octanol–water partition coefficient (Wildman–Crippen LogP) is 1.11. The quantitative estimate of drug-likeness (QED) is 0.759. The number of carboxylic acid groups (broad SMARTS) is 1. The summed E-state index contributed by atoms with van der Waals surface area (Å²) in [5.74, 6) is -1.82. The third-order valence-corrected chi connectivity index (χ3v) is 5.68. The Labute approximate surface area is 140 Å². The molecule has 0 unspecified atom stereocenters. The van der Waals surface area contributed by atoms with Gasteiger partial charge < -0.3 is 14.6 Å². The van der Waals surface area contributed by atoms with Gasteiger partial charge in [-0.25, -0.2) is 13.2 Å². The van der Waals surface area contributed by atoms with Gasteiger partial charge in [-0.2, -0.15) is 4.31 Å². The molecule has 0 aromatic heterocycles. The van der Waals surface area contributed by atoms with Crippen molar-refractivity contribution >= 4 is 22.0 Å². The Morgan fingerprint density at radius 2 is 2.08 bits per heavy atom. The Morgan fingerprint density at radius 3 is 2.67 bits per heavy atom. The van der Waals surface area contributed by atoms with Gasteiger partial charge in [0.25, 0.3) is 0 Å². The molecule has 0 amide bonds. The number of sulfonamides is 1. The van der Waals surface area contributed by atoms with Crippen LogP contribution in [0.4, 0.5) is 0 Å². The number of benzene rings is 1. The van der Waals surface area contributed by atoms with Crippen molar-refractivity contribution in [2.75, 3.05) is 20.3 Å². The fourth-order valence-electron chi connectivity index (χ4n) is 2.62. The maximum Gasteiger partial charge on any atom is 0.338 e. The number of hydrogen-bond donors (Lipinski definition) is 1. The third-order valence-electron chi connectivity index (χ3n) is 3.75. The van der Waals surface area contributed by atoms with Gasteiger partial charge in [0.05, 0.1) is 19.3 Å². The van der Waals surface area contributed by atoms with E-state index in [4.69, 9.17) is 9.47 Å². The lowest BCUT2D eigenvalue weighted by atomic mass is 10.2. The summed E-state index contributed by atoms with van der Waals surface area (Å²) >= 11 is 0. The second-order valence-electron chi connectivity index (χ2n) is 5.20. The first-order valence-corrected chi connectivity index (χ1v) is 8.86. The van der Waals surface area contributed by atoms with Gasteiger partial charge in [-0.15, -0.1) is 0 Å². The molecule has 1 aromatic rings. The second kappa shape index (κ2) is 7.18. The van der Waals surface area contributed by atoms with Crippen LogP contribution in [0, 0.1) is 0 Å². The van der Waals surface area contributed by atoms with Crippen molar-refractivity contribution in [1.82, 2.24) is 4.31 Å². The molecule has 1 N–H and O–H groups in total. The molecule has 0 aliphatic carbocycles. The van der Waals surface area contributed by atoms with Crippen LogP contribution in [-0.2, 0) is 19.6 Å². The molecule has 24 heavy (non-hydrogen) atoms. The fraction of sp³-hybridized carbons (Fsp3) is 0.467. The molecule has 1 aromatic carbocycles. The number of ether oxygens (including phenoxy) is 2. The van der Waals surface area contributed by atoms with E-state index in [0.29, 0.717) is 6.42 Å². The molecule has 1 aliphatic rings. The van der Waals surface area contributed by atoms with Crippen LogP contribution in [0.25, 0.3) is 0 Å². The van der Waals surface area contributed by atoms with Crippen molar-refractivity contribution in [2.24, 2.45) is 0 Å². The van der Waals surface area contributed by atoms with Crippen LogP contribution in [0.5, 0.6) is 5.75 Å². The van der Waals surface area contributed by atoms with E-state index in [0.717, 1.165) is 10.4 Å². The molecule has 1 atom stereocenters. The molecular weight excluding hydrogens is 338 g/mol. The summed E-state index contributed by atoms with van der Waals surface area (Å²) in [4.78, 5) is 22.9. The zero-order valence-corrected chi connectivity index (χ0v) is 14.2. The largest absolute Gasteiger partial charge is 0.495 e. The Bertz CT molecular complexity index is 744. The fourth-order valence-corrected chi connectivity index (χ4v) is 4.45. The lowest BCUT2D eigenvalue weighted by Gasteiger charge is -2.22. The average molecular weight is 357 g/mol. The van der Waals surface area contributed by atoms with E-state index < -0.39 is 28.0 Å². The SMILES string of the molecule is CCOC(=O)c1ccc(OC)c(S(=O)(=O)N2CCC[C@@H]2C(=O)O)c1. The summed E-state index contributed by atoms with van der Waals surface area (Å²) in [6.45, 7) is 1.90. The van der Waals surface area contributed by atoms with E-state index in [9.17, 15) is 23.1 Å². The molecule has 0 bridgehead atoms. The summed E-state index contributed by atoms with van der Waals surface area (Å²) in [6.07, 6.45) is 0.699. The van der Waals surface area contributed by atoms with Gasteiger partial charge in [-0.05, 0) is 38.0 Å². The van der Waals surface area contributed by atoms with Crippen LogP contribution in [0.2, 0.25) is 0 Å². The van der Waals surface area contributed by atoms with E-state index >= 15 is 0 Å². The molecule has 2 rings (SSSR count). The lowest BCUT2D eigenvalue weighted by Crippen LogP contribution is -2.40. The van der Waals surface area contributed by atoms with Crippen molar-refractivity contribution < 1.29 is 32.6 Å². The molecule has 9 heteroatoms. The number of aliphatic carboxylic acids is 1. The lowest BCUT2D eigenvalue weighted by molar-refractivity contribution is -0.140. The molecule has 0 radical (unpaired) electrons. The zero-order valence-electron chi connectivity index (χ0n) is 13.4. The average Bonchev–Trinajstić information content (AvgIpc) is 3.05. The van der Waals surface area contributed by atoms with Gasteiger partial charge in [0.2, 0.25) is 10.0 Å². The molecule has 1 fully saturated rings. The smallest absolute Gasteiger partial charge is 0.338 e. The number of carbonyl (C=O) groups is 2. The van der Waals surface area contributed by atoms with Crippen LogP contribution in [0.1, 0.15) is 30.1 Å². The van der Waals surface area contributed by atoms with Crippen molar-refractivity contribution in [3.8, 4) is 5.75 Å². The minimum atomic E-state index is -4.13. The Hall–Kier alpha value is -2.13. The van der Waals surface area contributed by atoms with Crippen LogP contribution in [0.3, 0.4) is 0 Å². The number of hydrogen-bond acceptors (Lipinski definition) is 6. The van der Waals surface area contributed by atoms with E-state index in [-0.39, 0.29) is 35.8 Å². The summed E-state index contributed by atoms with van der Waals surface area (Å²) in [5.41, 5.74) is 0.0577. The maximum atomic E-state index is 12.9. The van der Waals surface area contributed by atoms with Gasteiger partial charge in [0.15, 0.2) is 0 Å². The summed E-state index contributed by atoms with van der Waals surface area (Å²) < 4.78 is 36.7. The number of carbonyl (C=O) groups excluding carboxylic acids is 1. The number of methoxy groups -OCH3 is 1. The van der Waals surface area contributed by atoms with Gasteiger partial charge in [-0.1, -0.05) is 0 Å². The molecular formula is C15H19NO7S. The number of nitrogens with zero attached hydrogens (tertiary/aromatic N) is 1. The zero-order chi connectivity index (χ0) is 17.9. The second-order valence-corrected chi connectivity index (χ2v) is 7.06. The van der Waals surface area contributed by atoms with E-state index in [1.54, 1.807) is 6.92 Å². The van der Waals surface area contributed by atoms with Gasteiger partial charge in [0, 0.05) is 6.54 Å². The Kier molecular flexibility index (Phi) is 5.45. The predicted molar refractivity (Wildman–Crippen MR) is 83.5 cm³/mol. The highest BCUT2D eigenvalue weighted by Crippen LogP contribution is 2.32. The number of carboxylic acids is 1. The molecule has 8 nitrogen and oxygen atoms in total. The monoisotopic (exact) mass is 357 g/mol. The van der Waals surface area contributed by atoms with Crippen LogP contribution in [0.15, 0.2) is 23.1 Å². The van der Waals surface area contributed by atoms with Gasteiger partial charge >= 0.3 is 11.9 Å². The topological polar surface area (TPSA) is 110 Å². The van der Waals surface area contributed by atoms with Crippen LogP contribution >= 0.6 is 0 Å². The summed E-state index contributed by atoms with van der Waals surface area (Å²) in [7, 11) is -2.82. The van der Waals surface area contributed by atoms with Crippen LogP contribution < -0.4 is 4.74 Å². The number of esters is 1. The molecule has 1 saturated heterocycles. The first-order valence-electron chi connectivity index (χ1n) is 7.42. The van der Waals surface area contributed by atoms with E-state index in [1.165, 1.54) is 19.2 Å². The normalized spacial score (nSPS) is 18.3. The first kappa shape index (κ1) is 18.2. The third kappa shape index (κ3) is 3.36. The standard InChI is InChI=1S/C15H19NO7S/c1-3-23-15(19)10-6-7-12(22-2)13(9-10)24(20,21)16-8-4-5-11(16)14(17)18/h6-7,9,11H,3-5,8H2,1-2H3,(H,17,18)/t11-/m1/s1. The van der Waals surface area contributed by atoms with Gasteiger partial charge in [-0.3, -0.25) is 4.79 Å². The summed E-state index contributed by atoms with van der Waals surface area (Å²) in [6, 6.07) is 2.79. The molecule has 132 valence electrons. The van der Waals surface area contributed by atoms with Crippen LogP contribution in [-0.4, -0.2) is 56.1 Å². The van der Waals surface area contributed by atoms with E-state index in [2.05, 4.69) is 0 Å². The minimum Gasteiger partial charge on any atom is -0.495 e. The highest BCUT2D eigenvalue weighted by molar-refractivity contribution is 7.89. The minimum absolute atomic E-state index is 0.0408. The van der Waals surface area contributed by atoms with E-state index in [1.807, 2.05) is 0 Å². The van der Waals surface area contributed by atoms with Gasteiger partial charge in [0.1, 0.15) is 16.7 Å². The molecule has 0 saturated carbocycles.